The highest BCUT2D eigenvalue weighted by molar-refractivity contribution is 5.42. The van der Waals surface area contributed by atoms with Crippen LogP contribution in [0.25, 0.3) is 0 Å². The van der Waals surface area contributed by atoms with Gasteiger partial charge in [-0.1, -0.05) is 37.1 Å². The molecule has 1 atom stereocenters. The first-order chi connectivity index (χ1) is 5.81. The molecule has 0 radical (unpaired) electrons. The molecule has 0 bridgehead atoms. The summed E-state index contributed by atoms with van der Waals surface area (Å²) in [6.07, 6.45) is 4.01. The monoisotopic (exact) mass is 160 g/mol. The van der Waals surface area contributed by atoms with Crippen molar-refractivity contribution in [2.24, 2.45) is 0 Å². The SMILES string of the molecule is CCCC1Cc2cc(C)ccc21. The van der Waals surface area contributed by atoms with E-state index in [0.717, 1.165) is 5.92 Å². The van der Waals surface area contributed by atoms with E-state index in [1.165, 1.54) is 24.8 Å². The van der Waals surface area contributed by atoms with Crippen molar-refractivity contribution in [2.75, 3.05) is 0 Å². The van der Waals surface area contributed by atoms with Crippen LogP contribution in [0, 0.1) is 6.92 Å². The van der Waals surface area contributed by atoms with Gasteiger partial charge in [-0.2, -0.15) is 0 Å². The van der Waals surface area contributed by atoms with Crippen molar-refractivity contribution >= 4 is 0 Å². The standard InChI is InChI=1S/C12H16/c1-3-4-10-8-11-7-9(2)5-6-12(10)11/h5-7,10H,3-4,8H2,1-2H3. The minimum absolute atomic E-state index is 0.880. The van der Waals surface area contributed by atoms with Gasteiger partial charge in [-0.3, -0.25) is 0 Å². The average Bonchev–Trinajstić information content (AvgIpc) is 2.01. The molecule has 0 aliphatic heterocycles. The first kappa shape index (κ1) is 7.85. The third kappa shape index (κ3) is 1.16. The van der Waals surface area contributed by atoms with Crippen molar-refractivity contribution in [3.63, 3.8) is 0 Å². The Hall–Kier alpha value is -0.780. The van der Waals surface area contributed by atoms with Gasteiger partial charge >= 0.3 is 0 Å². The minimum Gasteiger partial charge on any atom is -0.0654 e. The highest BCUT2D eigenvalue weighted by Gasteiger charge is 2.24. The number of fused-ring (bicyclic) bond motifs is 1. The van der Waals surface area contributed by atoms with Crippen LogP contribution in [0.3, 0.4) is 0 Å². The van der Waals surface area contributed by atoms with E-state index in [-0.39, 0.29) is 0 Å². The molecular weight excluding hydrogens is 144 g/mol. The lowest BCUT2D eigenvalue weighted by molar-refractivity contribution is 0.551. The first-order valence-electron chi connectivity index (χ1n) is 4.90. The molecule has 1 aromatic rings. The molecule has 12 heavy (non-hydrogen) atoms. The maximum atomic E-state index is 2.33. The third-order valence-corrected chi connectivity index (χ3v) is 2.84. The number of hydrogen-bond donors (Lipinski definition) is 0. The zero-order valence-electron chi connectivity index (χ0n) is 7.93. The van der Waals surface area contributed by atoms with E-state index in [1.807, 2.05) is 0 Å². The van der Waals surface area contributed by atoms with E-state index in [2.05, 4.69) is 32.0 Å². The Morgan fingerprint density at radius 1 is 1.42 bits per heavy atom. The van der Waals surface area contributed by atoms with Crippen LogP contribution in [0.15, 0.2) is 18.2 Å². The zero-order chi connectivity index (χ0) is 8.55. The van der Waals surface area contributed by atoms with E-state index in [9.17, 15) is 0 Å². The first-order valence-corrected chi connectivity index (χ1v) is 4.90. The lowest BCUT2D eigenvalue weighted by Crippen LogP contribution is -2.16. The van der Waals surface area contributed by atoms with Crippen molar-refractivity contribution in [3.8, 4) is 0 Å². The van der Waals surface area contributed by atoms with Crippen LogP contribution in [0.2, 0.25) is 0 Å². The van der Waals surface area contributed by atoms with Gasteiger partial charge in [0, 0.05) is 0 Å². The van der Waals surface area contributed by atoms with Crippen molar-refractivity contribution in [2.45, 2.75) is 39.0 Å². The number of rotatable bonds is 2. The second-order valence-electron chi connectivity index (χ2n) is 3.89. The fourth-order valence-corrected chi connectivity index (χ4v) is 2.16. The third-order valence-electron chi connectivity index (χ3n) is 2.84. The number of aryl methyl sites for hydroxylation is 1. The summed E-state index contributed by atoms with van der Waals surface area (Å²) in [6.45, 7) is 4.44. The molecule has 1 unspecified atom stereocenters. The average molecular weight is 160 g/mol. The summed E-state index contributed by atoms with van der Waals surface area (Å²) >= 11 is 0. The molecule has 64 valence electrons. The summed E-state index contributed by atoms with van der Waals surface area (Å²) in [5.74, 6) is 0.880. The summed E-state index contributed by atoms with van der Waals surface area (Å²) in [4.78, 5) is 0. The van der Waals surface area contributed by atoms with Crippen molar-refractivity contribution < 1.29 is 0 Å². The van der Waals surface area contributed by atoms with Crippen LogP contribution in [0.1, 0.15) is 42.4 Å². The van der Waals surface area contributed by atoms with E-state index in [1.54, 1.807) is 11.1 Å². The largest absolute Gasteiger partial charge is 0.0654 e. The zero-order valence-corrected chi connectivity index (χ0v) is 7.93. The molecule has 1 aromatic carbocycles. The van der Waals surface area contributed by atoms with Gasteiger partial charge < -0.3 is 0 Å². The predicted molar refractivity (Wildman–Crippen MR) is 52.5 cm³/mol. The smallest absolute Gasteiger partial charge is 0.0119 e. The maximum Gasteiger partial charge on any atom is -0.0119 e. The Kier molecular flexibility index (Phi) is 1.92. The molecule has 0 saturated heterocycles. The minimum atomic E-state index is 0.880. The molecule has 0 heterocycles. The van der Waals surface area contributed by atoms with E-state index in [0.29, 0.717) is 0 Å². The summed E-state index contributed by atoms with van der Waals surface area (Å²) in [7, 11) is 0. The normalized spacial score (nSPS) is 20.0. The number of benzene rings is 1. The molecule has 1 aliphatic rings. The molecule has 0 saturated carbocycles. The lowest BCUT2D eigenvalue weighted by atomic mass is 9.75. The molecule has 0 amide bonds. The van der Waals surface area contributed by atoms with Gasteiger partial charge in [-0.05, 0) is 36.8 Å². The summed E-state index contributed by atoms with van der Waals surface area (Å²) in [5.41, 5.74) is 4.61. The van der Waals surface area contributed by atoms with Crippen LogP contribution < -0.4 is 0 Å². The second-order valence-corrected chi connectivity index (χ2v) is 3.89. The van der Waals surface area contributed by atoms with Crippen molar-refractivity contribution in [3.05, 3.63) is 34.9 Å². The lowest BCUT2D eigenvalue weighted by Gasteiger charge is -2.30. The van der Waals surface area contributed by atoms with Crippen LogP contribution in [0.4, 0.5) is 0 Å². The van der Waals surface area contributed by atoms with Gasteiger partial charge in [0.15, 0.2) is 0 Å². The summed E-state index contributed by atoms with van der Waals surface area (Å²) in [5, 5.41) is 0. The molecule has 0 spiro atoms. The fourth-order valence-electron chi connectivity index (χ4n) is 2.16. The fraction of sp³-hybridized carbons (Fsp3) is 0.500. The Morgan fingerprint density at radius 2 is 2.25 bits per heavy atom. The quantitative estimate of drug-likeness (QED) is 0.621. The van der Waals surface area contributed by atoms with Gasteiger partial charge in [-0.15, -0.1) is 0 Å². The van der Waals surface area contributed by atoms with Crippen LogP contribution in [-0.4, -0.2) is 0 Å². The van der Waals surface area contributed by atoms with Gasteiger partial charge in [-0.25, -0.2) is 0 Å². The highest BCUT2D eigenvalue weighted by Crippen LogP contribution is 2.38. The van der Waals surface area contributed by atoms with Gasteiger partial charge in [0.25, 0.3) is 0 Å². The topological polar surface area (TPSA) is 0 Å². The maximum absolute atomic E-state index is 2.33. The van der Waals surface area contributed by atoms with Crippen LogP contribution >= 0.6 is 0 Å². The highest BCUT2D eigenvalue weighted by atomic mass is 14.3. The van der Waals surface area contributed by atoms with Gasteiger partial charge in [0.2, 0.25) is 0 Å². The van der Waals surface area contributed by atoms with Crippen molar-refractivity contribution in [1.29, 1.82) is 0 Å². The Bertz CT molecular complexity index is 286. The molecule has 1 aliphatic carbocycles. The van der Waals surface area contributed by atoms with Gasteiger partial charge in [0.05, 0.1) is 0 Å². The molecule has 0 heteroatoms. The van der Waals surface area contributed by atoms with Crippen LogP contribution in [0.5, 0.6) is 0 Å². The molecule has 0 N–H and O–H groups in total. The van der Waals surface area contributed by atoms with Crippen molar-refractivity contribution in [1.82, 2.24) is 0 Å². The van der Waals surface area contributed by atoms with E-state index >= 15 is 0 Å². The number of hydrogen-bond acceptors (Lipinski definition) is 0. The van der Waals surface area contributed by atoms with Crippen LogP contribution in [-0.2, 0) is 6.42 Å². The molecule has 0 fully saturated rings. The Labute approximate surface area is 74.6 Å². The van der Waals surface area contributed by atoms with Gasteiger partial charge in [0.1, 0.15) is 0 Å². The molecule has 0 nitrogen and oxygen atoms in total. The molecule has 0 aromatic heterocycles. The summed E-state index contributed by atoms with van der Waals surface area (Å²) < 4.78 is 0. The second kappa shape index (κ2) is 2.93. The Balaban J connectivity index is 2.19. The summed E-state index contributed by atoms with van der Waals surface area (Å²) in [6, 6.07) is 6.89. The predicted octanol–water partition coefficient (Wildman–Crippen LogP) is 3.43. The van der Waals surface area contributed by atoms with E-state index < -0.39 is 0 Å². The molecule has 2 rings (SSSR count). The molecular formula is C12H16. The van der Waals surface area contributed by atoms with E-state index in [4.69, 9.17) is 0 Å². The Morgan fingerprint density at radius 3 is 2.92 bits per heavy atom.